The van der Waals surface area contributed by atoms with Crippen molar-refractivity contribution in [2.75, 3.05) is 19.0 Å². The zero-order chi connectivity index (χ0) is 32.7. The Kier molecular flexibility index (Phi) is 10.5. The van der Waals surface area contributed by atoms with Crippen LogP contribution >= 0.6 is 15.9 Å². The molecule has 1 amide bonds. The number of halogens is 3. The minimum Gasteiger partial charge on any atom is -0.494 e. The SMILES string of the molecule is O=C(NCc1ccc(F)cc1F)[C@]1(CCS(=O)(=O)c2ccccc2)N=C(c2ccc(OCCCO)cc2)O[C@@H]1c1ccccc1Br. The zero-order valence-corrected chi connectivity index (χ0v) is 26.9. The Bertz CT molecular complexity index is 1820. The molecule has 0 aromatic heterocycles. The van der Waals surface area contributed by atoms with Gasteiger partial charge in [0.25, 0.3) is 5.91 Å². The van der Waals surface area contributed by atoms with Crippen LogP contribution in [-0.2, 0) is 25.9 Å². The van der Waals surface area contributed by atoms with Gasteiger partial charge in [-0.1, -0.05) is 58.4 Å². The fourth-order valence-electron chi connectivity index (χ4n) is 5.06. The van der Waals surface area contributed by atoms with E-state index in [4.69, 9.17) is 19.6 Å². The molecule has 0 spiro atoms. The summed E-state index contributed by atoms with van der Waals surface area (Å²) >= 11 is 3.54. The van der Waals surface area contributed by atoms with Crippen LogP contribution in [0.5, 0.6) is 5.75 Å². The van der Waals surface area contributed by atoms with Crippen molar-refractivity contribution in [1.29, 1.82) is 0 Å². The van der Waals surface area contributed by atoms with Gasteiger partial charge in [0.1, 0.15) is 17.4 Å². The van der Waals surface area contributed by atoms with Crippen molar-refractivity contribution in [3.05, 3.63) is 130 Å². The summed E-state index contributed by atoms with van der Waals surface area (Å²) in [6, 6.07) is 24.8. The maximum Gasteiger partial charge on any atom is 0.252 e. The van der Waals surface area contributed by atoms with Crippen LogP contribution in [-0.4, -0.2) is 49.8 Å². The van der Waals surface area contributed by atoms with Gasteiger partial charge < -0.3 is 19.9 Å². The van der Waals surface area contributed by atoms with Gasteiger partial charge >= 0.3 is 0 Å². The third-order valence-corrected chi connectivity index (χ3v) is 9.98. The Morgan fingerprint density at radius 3 is 2.41 bits per heavy atom. The van der Waals surface area contributed by atoms with Crippen molar-refractivity contribution in [2.24, 2.45) is 4.99 Å². The number of carbonyl (C=O) groups is 1. The highest BCUT2D eigenvalue weighted by atomic mass is 79.9. The number of nitrogens with one attached hydrogen (secondary N) is 1. The lowest BCUT2D eigenvalue weighted by molar-refractivity contribution is -0.129. The van der Waals surface area contributed by atoms with Crippen LogP contribution in [0, 0.1) is 11.6 Å². The van der Waals surface area contributed by atoms with Gasteiger partial charge in [0.2, 0.25) is 5.90 Å². The van der Waals surface area contributed by atoms with Crippen LogP contribution in [0.15, 0.2) is 111 Å². The van der Waals surface area contributed by atoms with Crippen LogP contribution in [0.1, 0.15) is 35.6 Å². The molecule has 0 bridgehead atoms. The maximum absolute atomic E-state index is 14.5. The summed E-state index contributed by atoms with van der Waals surface area (Å²) in [6.45, 7) is 0.0217. The Morgan fingerprint density at radius 2 is 1.72 bits per heavy atom. The molecule has 0 unspecified atom stereocenters. The second-order valence-electron chi connectivity index (χ2n) is 10.6. The molecular weight excluding hydrogens is 682 g/mol. The van der Waals surface area contributed by atoms with Crippen molar-refractivity contribution in [1.82, 2.24) is 5.32 Å². The number of nitrogens with zero attached hydrogens (tertiary/aromatic N) is 1. The van der Waals surface area contributed by atoms with Gasteiger partial charge in [-0.2, -0.15) is 0 Å². The van der Waals surface area contributed by atoms with E-state index in [-0.39, 0.29) is 35.9 Å². The molecule has 1 aliphatic rings. The molecule has 240 valence electrons. The topological polar surface area (TPSA) is 114 Å². The lowest BCUT2D eigenvalue weighted by Crippen LogP contribution is -2.49. The summed E-state index contributed by atoms with van der Waals surface area (Å²) < 4.78 is 67.7. The predicted octanol–water partition coefficient (Wildman–Crippen LogP) is 5.93. The zero-order valence-electron chi connectivity index (χ0n) is 24.5. The van der Waals surface area contributed by atoms with Crippen molar-refractivity contribution in [2.45, 2.75) is 35.9 Å². The number of hydrogen-bond donors (Lipinski definition) is 2. The molecule has 0 aliphatic carbocycles. The van der Waals surface area contributed by atoms with Gasteiger partial charge in [0.15, 0.2) is 21.5 Å². The first-order valence-corrected chi connectivity index (χ1v) is 16.9. The van der Waals surface area contributed by atoms with Crippen molar-refractivity contribution >= 4 is 37.6 Å². The van der Waals surface area contributed by atoms with Crippen LogP contribution in [0.2, 0.25) is 0 Å². The van der Waals surface area contributed by atoms with E-state index in [1.165, 1.54) is 18.2 Å². The van der Waals surface area contributed by atoms with E-state index >= 15 is 0 Å². The quantitative estimate of drug-likeness (QED) is 0.166. The molecule has 5 rings (SSSR count). The number of hydrogen-bond acceptors (Lipinski definition) is 7. The second-order valence-corrected chi connectivity index (χ2v) is 13.6. The molecule has 1 aliphatic heterocycles. The van der Waals surface area contributed by atoms with Gasteiger partial charge in [-0.3, -0.25) is 4.79 Å². The number of benzene rings is 4. The Morgan fingerprint density at radius 1 is 1.00 bits per heavy atom. The number of ether oxygens (including phenoxy) is 2. The van der Waals surface area contributed by atoms with E-state index in [0.717, 1.165) is 12.1 Å². The lowest BCUT2D eigenvalue weighted by Gasteiger charge is -2.31. The van der Waals surface area contributed by atoms with Gasteiger partial charge in [-0.25, -0.2) is 22.2 Å². The standard InChI is InChI=1S/C34H31BrF2N2O6S/c35-29-10-5-4-9-28(29)31-34(17-20-46(42,43)27-7-2-1-3-8-27,33(41)38-22-24-11-14-25(36)21-30(24)37)39-32(45-31)23-12-15-26(16-13-23)44-19-6-18-40/h1-5,7-16,21,31,40H,6,17-20,22H2,(H,38,41)/t31-,34-/m1/s1. The first kappa shape index (κ1) is 33.2. The average molecular weight is 714 g/mol. The fourth-order valence-corrected chi connectivity index (χ4v) is 6.94. The number of aliphatic hydroxyl groups excluding tert-OH is 1. The van der Waals surface area contributed by atoms with Crippen molar-refractivity contribution in [3.8, 4) is 5.75 Å². The molecule has 12 heteroatoms. The van der Waals surface area contributed by atoms with E-state index in [0.29, 0.717) is 34.4 Å². The maximum atomic E-state index is 14.5. The molecule has 1 heterocycles. The lowest BCUT2D eigenvalue weighted by atomic mass is 9.85. The number of aliphatic hydroxyl groups is 1. The molecule has 0 fully saturated rings. The highest BCUT2D eigenvalue weighted by molar-refractivity contribution is 9.10. The van der Waals surface area contributed by atoms with Gasteiger partial charge in [-0.05, 0) is 48.5 Å². The number of aliphatic imine (C=N–C) groups is 1. The molecule has 0 saturated heterocycles. The average Bonchev–Trinajstić information content (AvgIpc) is 3.45. The van der Waals surface area contributed by atoms with Crippen molar-refractivity contribution < 1.29 is 36.6 Å². The minimum absolute atomic E-state index is 0.00287. The summed E-state index contributed by atoms with van der Waals surface area (Å²) in [4.78, 5) is 19.2. The number of carbonyl (C=O) groups excluding carboxylic acids is 1. The Hall–Kier alpha value is -4.13. The fraction of sp³-hybridized carbons (Fsp3) is 0.235. The monoisotopic (exact) mass is 712 g/mol. The third kappa shape index (κ3) is 7.46. The predicted molar refractivity (Wildman–Crippen MR) is 172 cm³/mol. The normalized spacial score (nSPS) is 17.7. The third-order valence-electron chi connectivity index (χ3n) is 7.53. The number of rotatable bonds is 13. The largest absolute Gasteiger partial charge is 0.494 e. The summed E-state index contributed by atoms with van der Waals surface area (Å²) in [5.41, 5.74) is -0.713. The highest BCUT2D eigenvalue weighted by Crippen LogP contribution is 2.45. The van der Waals surface area contributed by atoms with E-state index < -0.39 is 44.8 Å². The van der Waals surface area contributed by atoms with E-state index in [9.17, 15) is 22.0 Å². The molecule has 2 N–H and O–H groups in total. The molecule has 0 radical (unpaired) electrons. The van der Waals surface area contributed by atoms with Gasteiger partial charge in [-0.15, -0.1) is 0 Å². The summed E-state index contributed by atoms with van der Waals surface area (Å²) in [7, 11) is -3.87. The highest BCUT2D eigenvalue weighted by Gasteiger charge is 2.54. The van der Waals surface area contributed by atoms with Crippen LogP contribution < -0.4 is 10.1 Å². The summed E-state index contributed by atoms with van der Waals surface area (Å²) in [5, 5.41) is 11.7. The Balaban J connectivity index is 1.56. The van der Waals surface area contributed by atoms with Crippen LogP contribution in [0.4, 0.5) is 8.78 Å². The van der Waals surface area contributed by atoms with E-state index in [2.05, 4.69) is 21.2 Å². The molecule has 4 aromatic rings. The second kappa shape index (κ2) is 14.5. The molecule has 4 aromatic carbocycles. The summed E-state index contributed by atoms with van der Waals surface area (Å²) in [6.07, 6.45) is -0.890. The van der Waals surface area contributed by atoms with E-state index in [1.807, 2.05) is 0 Å². The van der Waals surface area contributed by atoms with Gasteiger partial charge in [0.05, 0.1) is 17.3 Å². The molecule has 8 nitrogen and oxygen atoms in total. The number of sulfone groups is 1. The van der Waals surface area contributed by atoms with Crippen molar-refractivity contribution in [3.63, 3.8) is 0 Å². The summed E-state index contributed by atoms with van der Waals surface area (Å²) in [5.74, 6) is -2.09. The first-order chi connectivity index (χ1) is 22.1. The van der Waals surface area contributed by atoms with E-state index in [1.54, 1.807) is 66.7 Å². The minimum atomic E-state index is -3.87. The van der Waals surface area contributed by atoms with Crippen LogP contribution in [0.3, 0.4) is 0 Å². The molecule has 0 saturated carbocycles. The van der Waals surface area contributed by atoms with Crippen LogP contribution in [0.25, 0.3) is 0 Å². The Labute approximate surface area is 274 Å². The smallest absolute Gasteiger partial charge is 0.252 e. The molecular formula is C34H31BrF2N2O6S. The molecule has 46 heavy (non-hydrogen) atoms. The molecule has 2 atom stereocenters. The van der Waals surface area contributed by atoms with Gasteiger partial charge in [0, 0.05) is 53.2 Å². The number of amides is 1. The first-order valence-electron chi connectivity index (χ1n) is 14.5.